The molecule has 0 atom stereocenters. The number of benzene rings is 2. The van der Waals surface area contributed by atoms with Crippen molar-refractivity contribution in [3.8, 4) is 11.5 Å². The summed E-state index contributed by atoms with van der Waals surface area (Å²) >= 11 is 0. The lowest BCUT2D eigenvalue weighted by Crippen LogP contribution is -2.36. The normalized spacial score (nSPS) is 10.9. The molecule has 0 radical (unpaired) electrons. The van der Waals surface area contributed by atoms with E-state index in [0.717, 1.165) is 28.6 Å². The maximum absolute atomic E-state index is 5.69. The summed E-state index contributed by atoms with van der Waals surface area (Å²) in [6, 6.07) is 15.9. The molecule has 0 amide bonds. The van der Waals surface area contributed by atoms with Crippen LogP contribution in [0.1, 0.15) is 18.1 Å². The van der Waals surface area contributed by atoms with Crippen molar-refractivity contribution in [1.82, 2.24) is 10.6 Å². The molecule has 0 aromatic heterocycles. The van der Waals surface area contributed by atoms with Crippen molar-refractivity contribution in [3.05, 3.63) is 72.3 Å². The van der Waals surface area contributed by atoms with Gasteiger partial charge in [-0.05, 0) is 19.1 Å². The Kier molecular flexibility index (Phi) is 8.06. The fourth-order valence-corrected chi connectivity index (χ4v) is 2.46. The summed E-state index contributed by atoms with van der Waals surface area (Å²) < 4.78 is 11.3. The number of hydrogen-bond donors (Lipinski definition) is 2. The Balaban J connectivity index is 1.94. The Labute approximate surface area is 155 Å². The molecule has 2 aromatic carbocycles. The highest BCUT2D eigenvalue weighted by atomic mass is 16.5. The molecular formula is C21H27N3O2. The molecule has 138 valence electrons. The van der Waals surface area contributed by atoms with Crippen molar-refractivity contribution in [2.24, 2.45) is 4.99 Å². The van der Waals surface area contributed by atoms with Gasteiger partial charge in [0.2, 0.25) is 0 Å². The van der Waals surface area contributed by atoms with E-state index in [1.165, 1.54) is 0 Å². The molecule has 5 heteroatoms. The van der Waals surface area contributed by atoms with E-state index in [2.05, 4.69) is 22.2 Å². The standard InChI is InChI=1S/C21H27N3O2/c1-4-14-26-20-13-9-7-11-18(20)16-24-21(22-3)23-15-17-10-6-8-12-19(17)25-5-2/h4,6-13H,1,5,14-16H2,2-3H3,(H2,22,23,24). The Morgan fingerprint density at radius 1 is 0.962 bits per heavy atom. The SMILES string of the molecule is C=CCOc1ccccc1CNC(=NC)NCc1ccccc1OCC. The van der Waals surface area contributed by atoms with Gasteiger partial charge in [-0.2, -0.15) is 0 Å². The number of hydrogen-bond acceptors (Lipinski definition) is 3. The number of guanidine groups is 1. The molecule has 0 fully saturated rings. The molecular weight excluding hydrogens is 326 g/mol. The van der Waals surface area contributed by atoms with E-state index in [4.69, 9.17) is 9.47 Å². The number of para-hydroxylation sites is 2. The second kappa shape index (κ2) is 10.8. The predicted octanol–water partition coefficient (Wildman–Crippen LogP) is 3.52. The monoisotopic (exact) mass is 353 g/mol. The first kappa shape index (κ1) is 19.4. The summed E-state index contributed by atoms with van der Waals surface area (Å²) in [6.07, 6.45) is 1.74. The van der Waals surface area contributed by atoms with E-state index in [1.807, 2.05) is 55.5 Å². The molecule has 0 bridgehead atoms. The Morgan fingerprint density at radius 2 is 1.50 bits per heavy atom. The van der Waals surface area contributed by atoms with Gasteiger partial charge in [0.1, 0.15) is 18.1 Å². The van der Waals surface area contributed by atoms with Gasteiger partial charge in [0.15, 0.2) is 5.96 Å². The van der Waals surface area contributed by atoms with Crippen molar-refractivity contribution < 1.29 is 9.47 Å². The topological polar surface area (TPSA) is 54.9 Å². The first-order valence-corrected chi connectivity index (χ1v) is 8.75. The van der Waals surface area contributed by atoms with Gasteiger partial charge in [0, 0.05) is 31.3 Å². The molecule has 2 aromatic rings. The van der Waals surface area contributed by atoms with E-state index >= 15 is 0 Å². The van der Waals surface area contributed by atoms with Crippen molar-refractivity contribution in [1.29, 1.82) is 0 Å². The van der Waals surface area contributed by atoms with Crippen LogP contribution < -0.4 is 20.1 Å². The minimum Gasteiger partial charge on any atom is -0.494 e. The Bertz CT molecular complexity index is 729. The van der Waals surface area contributed by atoms with Crippen LogP contribution in [-0.2, 0) is 13.1 Å². The van der Waals surface area contributed by atoms with Crippen LogP contribution in [0.25, 0.3) is 0 Å². The Hall–Kier alpha value is -2.95. The molecule has 0 saturated heterocycles. The zero-order chi connectivity index (χ0) is 18.6. The van der Waals surface area contributed by atoms with Crippen LogP contribution in [0.2, 0.25) is 0 Å². The maximum atomic E-state index is 5.69. The number of rotatable bonds is 9. The Morgan fingerprint density at radius 3 is 2.00 bits per heavy atom. The van der Waals surface area contributed by atoms with Gasteiger partial charge in [-0.15, -0.1) is 0 Å². The second-order valence-electron chi connectivity index (χ2n) is 5.53. The van der Waals surface area contributed by atoms with Crippen LogP contribution in [0.3, 0.4) is 0 Å². The predicted molar refractivity (Wildman–Crippen MR) is 107 cm³/mol. The molecule has 2 N–H and O–H groups in total. The fraction of sp³-hybridized carbons (Fsp3) is 0.286. The summed E-state index contributed by atoms with van der Waals surface area (Å²) in [5.74, 6) is 2.45. The molecule has 5 nitrogen and oxygen atoms in total. The fourth-order valence-electron chi connectivity index (χ4n) is 2.46. The molecule has 0 spiro atoms. The van der Waals surface area contributed by atoms with E-state index in [0.29, 0.717) is 26.3 Å². The average Bonchev–Trinajstić information content (AvgIpc) is 2.68. The quantitative estimate of drug-likeness (QED) is 0.411. The van der Waals surface area contributed by atoms with Crippen LogP contribution in [0, 0.1) is 0 Å². The minimum absolute atomic E-state index is 0.484. The lowest BCUT2D eigenvalue weighted by atomic mass is 10.2. The third kappa shape index (κ3) is 5.84. The molecule has 0 saturated carbocycles. The summed E-state index contributed by atoms with van der Waals surface area (Å²) in [4.78, 5) is 4.28. The number of aliphatic imine (C=N–C) groups is 1. The highest BCUT2D eigenvalue weighted by Gasteiger charge is 2.06. The van der Waals surface area contributed by atoms with Gasteiger partial charge in [-0.1, -0.05) is 49.1 Å². The lowest BCUT2D eigenvalue weighted by Gasteiger charge is -2.15. The molecule has 2 rings (SSSR count). The summed E-state index contributed by atoms with van der Waals surface area (Å²) in [6.45, 7) is 8.04. The largest absolute Gasteiger partial charge is 0.494 e. The van der Waals surface area contributed by atoms with Crippen LogP contribution in [0.15, 0.2) is 66.2 Å². The van der Waals surface area contributed by atoms with E-state index in [-0.39, 0.29) is 0 Å². The van der Waals surface area contributed by atoms with Crippen LogP contribution in [0.4, 0.5) is 0 Å². The molecule has 0 heterocycles. The zero-order valence-corrected chi connectivity index (χ0v) is 15.5. The van der Waals surface area contributed by atoms with Crippen LogP contribution in [-0.4, -0.2) is 26.2 Å². The average molecular weight is 353 g/mol. The molecule has 26 heavy (non-hydrogen) atoms. The second-order valence-corrected chi connectivity index (χ2v) is 5.53. The minimum atomic E-state index is 0.484. The molecule has 0 aliphatic carbocycles. The zero-order valence-electron chi connectivity index (χ0n) is 15.5. The van der Waals surface area contributed by atoms with E-state index in [1.54, 1.807) is 13.1 Å². The highest BCUT2D eigenvalue weighted by Crippen LogP contribution is 2.18. The first-order chi connectivity index (χ1) is 12.8. The molecule has 0 aliphatic heterocycles. The third-order valence-corrected chi connectivity index (χ3v) is 3.72. The van der Waals surface area contributed by atoms with Crippen molar-refractivity contribution in [2.45, 2.75) is 20.0 Å². The highest BCUT2D eigenvalue weighted by molar-refractivity contribution is 5.79. The van der Waals surface area contributed by atoms with Gasteiger partial charge in [-0.3, -0.25) is 4.99 Å². The third-order valence-electron chi connectivity index (χ3n) is 3.72. The van der Waals surface area contributed by atoms with E-state index < -0.39 is 0 Å². The smallest absolute Gasteiger partial charge is 0.191 e. The van der Waals surface area contributed by atoms with Crippen molar-refractivity contribution in [2.75, 3.05) is 20.3 Å². The maximum Gasteiger partial charge on any atom is 0.191 e. The van der Waals surface area contributed by atoms with Gasteiger partial charge in [0.25, 0.3) is 0 Å². The van der Waals surface area contributed by atoms with Gasteiger partial charge in [-0.25, -0.2) is 0 Å². The number of nitrogens with zero attached hydrogens (tertiary/aromatic N) is 1. The summed E-state index contributed by atoms with van der Waals surface area (Å²) in [5, 5.41) is 6.64. The molecule has 0 unspecified atom stereocenters. The number of ether oxygens (including phenoxy) is 2. The lowest BCUT2D eigenvalue weighted by molar-refractivity contribution is 0.336. The van der Waals surface area contributed by atoms with E-state index in [9.17, 15) is 0 Å². The summed E-state index contributed by atoms with van der Waals surface area (Å²) in [5.41, 5.74) is 2.15. The van der Waals surface area contributed by atoms with Crippen LogP contribution in [0.5, 0.6) is 11.5 Å². The van der Waals surface area contributed by atoms with Gasteiger partial charge < -0.3 is 20.1 Å². The van der Waals surface area contributed by atoms with Crippen molar-refractivity contribution in [3.63, 3.8) is 0 Å². The molecule has 0 aliphatic rings. The van der Waals surface area contributed by atoms with Crippen molar-refractivity contribution >= 4 is 5.96 Å². The number of nitrogens with one attached hydrogen (secondary N) is 2. The van der Waals surface area contributed by atoms with Crippen LogP contribution >= 0.6 is 0 Å². The first-order valence-electron chi connectivity index (χ1n) is 8.75. The van der Waals surface area contributed by atoms with Gasteiger partial charge in [0.05, 0.1) is 6.61 Å². The summed E-state index contributed by atoms with van der Waals surface area (Å²) in [7, 11) is 1.75. The van der Waals surface area contributed by atoms with Gasteiger partial charge >= 0.3 is 0 Å².